The van der Waals surface area contributed by atoms with Gasteiger partial charge in [0.15, 0.2) is 12.2 Å². The number of nitrogens with zero attached hydrogens (tertiary/aromatic N) is 2. The van der Waals surface area contributed by atoms with Crippen molar-refractivity contribution in [2.75, 3.05) is 26.2 Å². The van der Waals surface area contributed by atoms with Gasteiger partial charge >= 0.3 is 0 Å². The minimum Gasteiger partial charge on any atom is -0.387 e. The monoisotopic (exact) mass is 559 g/mol. The van der Waals surface area contributed by atoms with Crippen LogP contribution >= 0.6 is 0 Å². The number of unbranched alkanes of at least 4 members (excludes halogenated alkanes) is 3. The van der Waals surface area contributed by atoms with Crippen molar-refractivity contribution in [3.63, 3.8) is 0 Å². The molecule has 0 bridgehead atoms. The molecule has 0 aromatic heterocycles. The van der Waals surface area contributed by atoms with Gasteiger partial charge in [-0.1, -0.05) is 12.8 Å². The Kier molecular flexibility index (Phi) is 17.0. The molecule has 0 radical (unpaired) electrons. The molecule has 39 heavy (non-hydrogen) atoms. The smallest absolute Gasteiger partial charge is 0.252 e. The number of carbonyl (C=O) groups is 2. The molecule has 4 unspecified atom stereocenters. The van der Waals surface area contributed by atoms with Gasteiger partial charge in [0.1, 0.15) is 12.2 Å². The third kappa shape index (κ3) is 18.6. The Morgan fingerprint density at radius 1 is 0.692 bits per heavy atom. The van der Waals surface area contributed by atoms with Gasteiger partial charge in [-0.25, -0.2) is 0 Å². The maximum Gasteiger partial charge on any atom is 0.252 e. The molecule has 0 fully saturated rings. The molecule has 0 heterocycles. The highest BCUT2D eigenvalue weighted by atomic mass is 16.4. The van der Waals surface area contributed by atoms with Crippen molar-refractivity contribution in [1.29, 1.82) is 0 Å². The molecule has 0 rings (SSSR count). The molecule has 0 saturated carbocycles. The van der Waals surface area contributed by atoms with E-state index in [9.17, 15) is 30.0 Å². The van der Waals surface area contributed by atoms with Crippen LogP contribution in [0.25, 0.3) is 0 Å². The summed E-state index contributed by atoms with van der Waals surface area (Å²) in [5.74, 6) is -0.805. The lowest BCUT2D eigenvalue weighted by Crippen LogP contribution is -2.56. The van der Waals surface area contributed by atoms with Crippen molar-refractivity contribution < 1.29 is 30.0 Å². The van der Waals surface area contributed by atoms with Crippen molar-refractivity contribution in [1.82, 2.24) is 16.0 Å². The Morgan fingerprint density at radius 3 is 1.56 bits per heavy atom. The number of aliphatic hydroxyl groups is 4. The minimum absolute atomic E-state index is 0.0381. The summed E-state index contributed by atoms with van der Waals surface area (Å²) in [5.41, 5.74) is 11.2. The number of carbonyl (C=O) groups excluding carboxylic acids is 2. The van der Waals surface area contributed by atoms with Gasteiger partial charge < -0.3 is 47.8 Å². The van der Waals surface area contributed by atoms with Crippen LogP contribution in [0, 0.1) is 0 Å². The zero-order chi connectivity index (χ0) is 30.2. The SMILES string of the molecule is CC(C)(C)NCCN=C(N)CCCCCCC(N)=NCCNC(=O)C(O)C(O)C(O)C(O)C(=O)NC(C)(C)C. The lowest BCUT2D eigenvalue weighted by atomic mass is 10.0. The molecule has 0 aromatic carbocycles. The van der Waals surface area contributed by atoms with E-state index in [4.69, 9.17) is 11.5 Å². The van der Waals surface area contributed by atoms with Crippen LogP contribution in [-0.4, -0.2) is 106 Å². The molecule has 11 N–H and O–H groups in total. The Balaban J connectivity index is 4.16. The van der Waals surface area contributed by atoms with Crippen LogP contribution in [0.3, 0.4) is 0 Å². The summed E-state index contributed by atoms with van der Waals surface area (Å²) in [6.07, 6.45) is -3.08. The summed E-state index contributed by atoms with van der Waals surface area (Å²) in [7, 11) is 0. The quantitative estimate of drug-likeness (QED) is 0.0563. The predicted molar refractivity (Wildman–Crippen MR) is 153 cm³/mol. The summed E-state index contributed by atoms with van der Waals surface area (Å²) < 4.78 is 0. The molecule has 228 valence electrons. The van der Waals surface area contributed by atoms with E-state index in [1.807, 2.05) is 0 Å². The first-order valence-electron chi connectivity index (χ1n) is 13.6. The predicted octanol–water partition coefficient (Wildman–Crippen LogP) is -1.10. The number of hydrogen-bond acceptors (Lipinski definition) is 9. The molecule has 0 spiro atoms. The number of amides is 2. The number of hydrogen-bond donors (Lipinski definition) is 9. The zero-order valence-electron chi connectivity index (χ0n) is 24.5. The molecule has 4 atom stereocenters. The first kappa shape index (κ1) is 36.7. The molecule has 13 nitrogen and oxygen atoms in total. The van der Waals surface area contributed by atoms with Crippen molar-refractivity contribution in [3.8, 4) is 0 Å². The highest BCUT2D eigenvalue weighted by Gasteiger charge is 2.38. The fraction of sp³-hybridized carbons (Fsp3) is 0.846. The van der Waals surface area contributed by atoms with Crippen LogP contribution < -0.4 is 27.4 Å². The van der Waals surface area contributed by atoms with E-state index in [0.717, 1.165) is 38.6 Å². The maximum atomic E-state index is 12.1. The second-order valence-electron chi connectivity index (χ2n) is 11.7. The van der Waals surface area contributed by atoms with Crippen LogP contribution in [0.5, 0.6) is 0 Å². The normalized spacial score (nSPS) is 16.4. The fourth-order valence-corrected chi connectivity index (χ4v) is 3.36. The van der Waals surface area contributed by atoms with Gasteiger partial charge in [-0.3, -0.25) is 19.6 Å². The molecule has 13 heteroatoms. The summed E-state index contributed by atoms with van der Waals surface area (Å²) in [6, 6.07) is 0. The van der Waals surface area contributed by atoms with Crippen molar-refractivity contribution in [3.05, 3.63) is 0 Å². The number of amidine groups is 2. The van der Waals surface area contributed by atoms with Crippen molar-refractivity contribution in [2.24, 2.45) is 21.5 Å². The highest BCUT2D eigenvalue weighted by Crippen LogP contribution is 2.09. The average molecular weight is 560 g/mol. The fourth-order valence-electron chi connectivity index (χ4n) is 3.36. The topological polar surface area (TPSA) is 228 Å². The first-order valence-corrected chi connectivity index (χ1v) is 13.6. The Labute approximate surface area is 232 Å². The third-order valence-electron chi connectivity index (χ3n) is 5.46. The highest BCUT2D eigenvalue weighted by molar-refractivity contribution is 5.83. The number of aliphatic hydroxyl groups excluding tert-OH is 4. The van der Waals surface area contributed by atoms with E-state index in [1.165, 1.54) is 0 Å². The van der Waals surface area contributed by atoms with Crippen LogP contribution in [0.15, 0.2) is 9.98 Å². The van der Waals surface area contributed by atoms with Gasteiger partial charge in [-0.05, 0) is 54.4 Å². The van der Waals surface area contributed by atoms with E-state index >= 15 is 0 Å². The standard InChI is InChI=1S/C26H53N7O6/c1-25(2,3)32-16-15-30-18(28)12-10-8-7-9-11-17(27)29-13-14-31-23(38)21(36)19(34)20(35)22(37)24(39)33-26(4,5)6/h19-22,32,34-37H,7-16H2,1-6H3,(H2,27,29)(H2,28,30)(H,31,38)(H,33,39). The molecular formula is C26H53N7O6. The van der Waals surface area contributed by atoms with E-state index < -0.39 is 41.8 Å². The molecular weight excluding hydrogens is 506 g/mol. The summed E-state index contributed by atoms with van der Waals surface area (Å²) in [4.78, 5) is 32.6. The molecule has 0 saturated heterocycles. The Morgan fingerprint density at radius 2 is 1.13 bits per heavy atom. The Hall–Kier alpha value is -2.32. The number of nitrogens with two attached hydrogens (primary N) is 2. The van der Waals surface area contributed by atoms with E-state index in [0.29, 0.717) is 24.6 Å². The average Bonchev–Trinajstić information content (AvgIpc) is 2.82. The van der Waals surface area contributed by atoms with E-state index in [1.54, 1.807) is 20.8 Å². The van der Waals surface area contributed by atoms with Gasteiger partial charge in [0, 0.05) is 37.0 Å². The number of aliphatic imine (C=N–C) groups is 2. The first-order chi connectivity index (χ1) is 17.9. The lowest BCUT2D eigenvalue weighted by Gasteiger charge is -2.28. The van der Waals surface area contributed by atoms with Crippen LogP contribution in [0.4, 0.5) is 0 Å². The van der Waals surface area contributed by atoms with E-state index in [2.05, 4.69) is 46.7 Å². The largest absolute Gasteiger partial charge is 0.387 e. The van der Waals surface area contributed by atoms with Gasteiger partial charge in [0.05, 0.1) is 24.8 Å². The van der Waals surface area contributed by atoms with Gasteiger partial charge in [-0.15, -0.1) is 0 Å². The number of nitrogens with one attached hydrogen (secondary N) is 3. The van der Waals surface area contributed by atoms with Crippen LogP contribution in [0.1, 0.15) is 80.1 Å². The van der Waals surface area contributed by atoms with Gasteiger partial charge in [-0.2, -0.15) is 0 Å². The zero-order valence-corrected chi connectivity index (χ0v) is 24.5. The summed E-state index contributed by atoms with van der Waals surface area (Å²) >= 11 is 0. The lowest BCUT2D eigenvalue weighted by molar-refractivity contribution is -0.156. The maximum absolute atomic E-state index is 12.1. The van der Waals surface area contributed by atoms with Gasteiger partial charge in [0.25, 0.3) is 11.8 Å². The van der Waals surface area contributed by atoms with Crippen LogP contribution in [0.2, 0.25) is 0 Å². The molecule has 2 amide bonds. The molecule has 0 aliphatic heterocycles. The second-order valence-corrected chi connectivity index (χ2v) is 11.7. The van der Waals surface area contributed by atoms with Crippen LogP contribution in [-0.2, 0) is 9.59 Å². The van der Waals surface area contributed by atoms with Gasteiger partial charge in [0.2, 0.25) is 0 Å². The Bertz CT molecular complexity index is 793. The van der Waals surface area contributed by atoms with E-state index in [-0.39, 0.29) is 18.6 Å². The molecule has 0 aliphatic carbocycles. The summed E-state index contributed by atoms with van der Waals surface area (Å²) in [5, 5.41) is 48.1. The second kappa shape index (κ2) is 18.1. The molecule has 0 aromatic rings. The van der Waals surface area contributed by atoms with Crippen molar-refractivity contribution >= 4 is 23.5 Å². The minimum atomic E-state index is -2.08. The number of rotatable bonds is 18. The summed E-state index contributed by atoms with van der Waals surface area (Å²) in [6.45, 7) is 13.0. The molecule has 0 aliphatic rings. The third-order valence-corrected chi connectivity index (χ3v) is 5.46. The van der Waals surface area contributed by atoms with Crippen molar-refractivity contribution in [2.45, 2.75) is 116 Å².